The van der Waals surface area contributed by atoms with Gasteiger partial charge < -0.3 is 5.11 Å². The SMILES string of the molecule is Cc1ccc(C)c(-n2nc(C(C)C)cc2C(=O)O)c1. The van der Waals surface area contributed by atoms with Crippen LogP contribution in [-0.2, 0) is 0 Å². The van der Waals surface area contributed by atoms with Crippen LogP contribution in [0.5, 0.6) is 0 Å². The molecule has 0 aliphatic heterocycles. The average molecular weight is 258 g/mol. The zero-order valence-electron chi connectivity index (χ0n) is 11.6. The zero-order valence-corrected chi connectivity index (χ0v) is 11.6. The first-order valence-corrected chi connectivity index (χ1v) is 6.31. The maximum atomic E-state index is 11.4. The predicted octanol–water partition coefficient (Wildman–Crippen LogP) is 3.31. The number of carbonyl (C=O) groups is 1. The average Bonchev–Trinajstić information content (AvgIpc) is 2.77. The molecule has 0 bridgehead atoms. The van der Waals surface area contributed by atoms with Crippen LogP contribution in [0.1, 0.15) is 47.1 Å². The van der Waals surface area contributed by atoms with Gasteiger partial charge in [0.05, 0.1) is 11.4 Å². The highest BCUT2D eigenvalue weighted by Gasteiger charge is 2.18. The number of aryl methyl sites for hydroxylation is 2. The van der Waals surface area contributed by atoms with E-state index in [1.54, 1.807) is 6.07 Å². The van der Waals surface area contributed by atoms with E-state index in [9.17, 15) is 9.90 Å². The molecule has 100 valence electrons. The summed E-state index contributed by atoms with van der Waals surface area (Å²) in [6.07, 6.45) is 0. The van der Waals surface area contributed by atoms with Gasteiger partial charge in [0.2, 0.25) is 0 Å². The number of benzene rings is 1. The third kappa shape index (κ3) is 2.52. The van der Waals surface area contributed by atoms with Crippen LogP contribution in [0.2, 0.25) is 0 Å². The minimum absolute atomic E-state index is 0.199. The Morgan fingerprint density at radius 2 is 1.95 bits per heavy atom. The highest BCUT2D eigenvalue weighted by atomic mass is 16.4. The van der Waals surface area contributed by atoms with Gasteiger partial charge in [0.25, 0.3) is 0 Å². The number of carboxylic acids is 1. The normalized spacial score (nSPS) is 11.0. The van der Waals surface area contributed by atoms with Crippen molar-refractivity contribution in [2.75, 3.05) is 0 Å². The van der Waals surface area contributed by atoms with Gasteiger partial charge in [-0.15, -0.1) is 0 Å². The number of aromatic nitrogens is 2. The second-order valence-electron chi connectivity index (χ2n) is 5.12. The summed E-state index contributed by atoms with van der Waals surface area (Å²) in [5.74, 6) is -0.759. The van der Waals surface area contributed by atoms with Gasteiger partial charge in [0.1, 0.15) is 0 Å². The van der Waals surface area contributed by atoms with Crippen LogP contribution in [0.15, 0.2) is 24.3 Å². The van der Waals surface area contributed by atoms with Crippen molar-refractivity contribution in [2.45, 2.75) is 33.6 Å². The number of nitrogens with zero attached hydrogens (tertiary/aromatic N) is 2. The third-order valence-electron chi connectivity index (χ3n) is 3.13. The fraction of sp³-hybridized carbons (Fsp3) is 0.333. The van der Waals surface area contributed by atoms with Crippen molar-refractivity contribution in [1.82, 2.24) is 9.78 Å². The van der Waals surface area contributed by atoms with Gasteiger partial charge in [-0.3, -0.25) is 0 Å². The van der Waals surface area contributed by atoms with Crippen LogP contribution in [0.25, 0.3) is 5.69 Å². The Morgan fingerprint density at radius 3 is 2.53 bits per heavy atom. The molecule has 0 unspecified atom stereocenters. The summed E-state index contributed by atoms with van der Waals surface area (Å²) < 4.78 is 1.53. The standard InChI is InChI=1S/C15H18N2O2/c1-9(2)12-8-14(15(18)19)17(16-12)13-7-10(3)5-6-11(13)4/h5-9H,1-4H3,(H,18,19). The van der Waals surface area contributed by atoms with Crippen molar-refractivity contribution in [3.8, 4) is 5.69 Å². The van der Waals surface area contributed by atoms with E-state index >= 15 is 0 Å². The lowest BCUT2D eigenvalue weighted by molar-refractivity contribution is 0.0687. The topological polar surface area (TPSA) is 55.1 Å². The first-order valence-electron chi connectivity index (χ1n) is 6.31. The summed E-state index contributed by atoms with van der Waals surface area (Å²) in [4.78, 5) is 11.4. The molecule has 0 radical (unpaired) electrons. The largest absolute Gasteiger partial charge is 0.477 e. The van der Waals surface area contributed by atoms with Gasteiger partial charge in [-0.1, -0.05) is 26.0 Å². The summed E-state index contributed by atoms with van der Waals surface area (Å²) in [6, 6.07) is 7.59. The van der Waals surface area contributed by atoms with E-state index in [2.05, 4.69) is 5.10 Å². The first-order chi connectivity index (χ1) is 8.90. The molecule has 0 fully saturated rings. The van der Waals surface area contributed by atoms with E-state index in [4.69, 9.17) is 0 Å². The lowest BCUT2D eigenvalue weighted by Crippen LogP contribution is -2.09. The Bertz CT molecular complexity index is 627. The molecule has 0 atom stereocenters. The maximum absolute atomic E-state index is 11.4. The third-order valence-corrected chi connectivity index (χ3v) is 3.13. The summed E-state index contributed by atoms with van der Waals surface area (Å²) in [5, 5.41) is 13.8. The Morgan fingerprint density at radius 1 is 1.26 bits per heavy atom. The molecular formula is C15H18N2O2. The number of aromatic carboxylic acids is 1. The van der Waals surface area contributed by atoms with Gasteiger partial charge >= 0.3 is 5.97 Å². The Balaban J connectivity index is 2.66. The molecular weight excluding hydrogens is 240 g/mol. The molecule has 0 saturated carbocycles. The molecule has 1 aromatic heterocycles. The molecule has 2 rings (SSSR count). The second kappa shape index (κ2) is 4.88. The first kappa shape index (κ1) is 13.3. The number of rotatable bonds is 3. The highest BCUT2D eigenvalue weighted by Crippen LogP contribution is 2.21. The molecule has 1 N–H and O–H groups in total. The van der Waals surface area contributed by atoms with Gasteiger partial charge in [-0.05, 0) is 43.0 Å². The molecule has 1 aromatic carbocycles. The van der Waals surface area contributed by atoms with Crippen molar-refractivity contribution < 1.29 is 9.90 Å². The van der Waals surface area contributed by atoms with Gasteiger partial charge in [-0.25, -0.2) is 9.48 Å². The number of hydrogen-bond donors (Lipinski definition) is 1. The fourth-order valence-corrected chi connectivity index (χ4v) is 1.97. The van der Waals surface area contributed by atoms with Crippen LogP contribution in [0.4, 0.5) is 0 Å². The van der Waals surface area contributed by atoms with E-state index in [1.807, 2.05) is 45.9 Å². The monoisotopic (exact) mass is 258 g/mol. The van der Waals surface area contributed by atoms with Gasteiger partial charge in [0, 0.05) is 0 Å². The maximum Gasteiger partial charge on any atom is 0.354 e. The van der Waals surface area contributed by atoms with Crippen molar-refractivity contribution in [1.29, 1.82) is 0 Å². The molecule has 19 heavy (non-hydrogen) atoms. The summed E-state index contributed by atoms with van der Waals surface area (Å²) in [5.41, 5.74) is 3.91. The van der Waals surface area contributed by atoms with Crippen molar-refractivity contribution in [2.24, 2.45) is 0 Å². The number of hydrogen-bond acceptors (Lipinski definition) is 2. The quantitative estimate of drug-likeness (QED) is 0.918. The summed E-state index contributed by atoms with van der Waals surface area (Å²) in [6.45, 7) is 7.94. The Kier molecular flexibility index (Phi) is 3.42. The van der Waals surface area contributed by atoms with E-state index in [0.29, 0.717) is 0 Å². The van der Waals surface area contributed by atoms with Crippen LogP contribution in [-0.4, -0.2) is 20.9 Å². The van der Waals surface area contributed by atoms with Gasteiger partial charge in [0.15, 0.2) is 5.69 Å². The summed E-state index contributed by atoms with van der Waals surface area (Å²) in [7, 11) is 0. The molecule has 4 nitrogen and oxygen atoms in total. The molecule has 0 amide bonds. The van der Waals surface area contributed by atoms with Crippen LogP contribution in [0.3, 0.4) is 0 Å². The fourth-order valence-electron chi connectivity index (χ4n) is 1.97. The smallest absolute Gasteiger partial charge is 0.354 e. The number of carboxylic acid groups (broad SMARTS) is 1. The lowest BCUT2D eigenvalue weighted by Gasteiger charge is -2.09. The predicted molar refractivity (Wildman–Crippen MR) is 74.1 cm³/mol. The molecule has 2 aromatic rings. The minimum Gasteiger partial charge on any atom is -0.477 e. The second-order valence-corrected chi connectivity index (χ2v) is 5.12. The Labute approximate surface area is 112 Å². The van der Waals surface area contributed by atoms with E-state index in [1.165, 1.54) is 4.68 Å². The van der Waals surface area contributed by atoms with Crippen molar-refractivity contribution in [3.05, 3.63) is 46.8 Å². The summed E-state index contributed by atoms with van der Waals surface area (Å²) >= 11 is 0. The van der Waals surface area contributed by atoms with Crippen LogP contribution < -0.4 is 0 Å². The highest BCUT2D eigenvalue weighted by molar-refractivity contribution is 5.86. The van der Waals surface area contributed by atoms with E-state index in [-0.39, 0.29) is 11.6 Å². The molecule has 0 saturated heterocycles. The minimum atomic E-state index is -0.958. The van der Waals surface area contributed by atoms with Crippen molar-refractivity contribution >= 4 is 5.97 Å². The molecule has 4 heteroatoms. The lowest BCUT2D eigenvalue weighted by atomic mass is 10.1. The van der Waals surface area contributed by atoms with Gasteiger partial charge in [-0.2, -0.15) is 5.10 Å². The van der Waals surface area contributed by atoms with Crippen LogP contribution in [0, 0.1) is 13.8 Å². The zero-order chi connectivity index (χ0) is 14.2. The van der Waals surface area contributed by atoms with E-state index in [0.717, 1.165) is 22.5 Å². The molecule has 0 aliphatic carbocycles. The molecule has 1 heterocycles. The molecule has 0 aliphatic rings. The van der Waals surface area contributed by atoms with Crippen molar-refractivity contribution in [3.63, 3.8) is 0 Å². The van der Waals surface area contributed by atoms with Crippen LogP contribution >= 0.6 is 0 Å². The Hall–Kier alpha value is -2.10. The van der Waals surface area contributed by atoms with E-state index < -0.39 is 5.97 Å². The molecule has 0 spiro atoms.